The molecule has 14 nitrogen and oxygen atoms in total. The van der Waals surface area contributed by atoms with E-state index in [0.717, 1.165) is 18.2 Å². The number of aliphatic carboxylic acids is 1. The molecule has 0 spiro atoms. The second-order valence-corrected chi connectivity index (χ2v) is 9.07. The van der Waals surface area contributed by atoms with Gasteiger partial charge in [0.1, 0.15) is 11.6 Å². The fraction of sp³-hybridized carbons (Fsp3) is 0.0667. The van der Waals surface area contributed by atoms with Crippen molar-refractivity contribution in [2.24, 2.45) is 11.5 Å². The van der Waals surface area contributed by atoms with Crippen molar-refractivity contribution in [3.05, 3.63) is 83.4 Å². The smallest absolute Gasteiger partial charge is 0.328 e. The number of ether oxygens (including phenoxy) is 5. The number of carboxylic acids is 1. The molecular weight excluding hydrogens is 610 g/mol. The van der Waals surface area contributed by atoms with Gasteiger partial charge in [0, 0.05) is 23.4 Å². The van der Waals surface area contributed by atoms with Crippen LogP contribution in [0.15, 0.2) is 60.7 Å². The standard InChI is InChI=1S/C30H26F2N6O8/c1-42-20-10-14(6-9-22(40)41)11-21(43-2)25(20)46-26-23(31)28(44-17-5-3-4-16(13-17)37-30(35)36)38-29(24(26)32)45-19-12-15(27(33)34)7-8-18(19)39/h3-13,39H,1-2H3,(H3,33,34)(H,40,41)(H4,35,36,37). The number of pyridine rings is 1. The number of aromatic hydroxyl groups is 1. The second-order valence-electron chi connectivity index (χ2n) is 9.07. The first kappa shape index (κ1) is 32.3. The number of nitrogens with one attached hydrogen (secondary N) is 3. The average molecular weight is 637 g/mol. The number of benzene rings is 3. The number of anilines is 1. The molecule has 238 valence electrons. The SMILES string of the molecule is COc1cc(C=CC(=O)O)cc(OC)c1Oc1c(F)c(Oc2cccc(NC(=N)N)c2)nc(Oc2cc(C(=N)N)ccc2O)c1F. The molecule has 0 bridgehead atoms. The zero-order valence-electron chi connectivity index (χ0n) is 24.1. The van der Waals surface area contributed by atoms with Gasteiger partial charge in [0.2, 0.25) is 23.1 Å². The van der Waals surface area contributed by atoms with Crippen molar-refractivity contribution in [3.8, 4) is 52.0 Å². The topological polar surface area (TPSA) is 228 Å². The molecule has 4 rings (SSSR count). The first-order valence-corrected chi connectivity index (χ1v) is 12.9. The van der Waals surface area contributed by atoms with Crippen LogP contribution in [0.5, 0.6) is 52.0 Å². The largest absolute Gasteiger partial charge is 0.504 e. The molecular formula is C30H26F2N6O8. The van der Waals surface area contributed by atoms with E-state index in [9.17, 15) is 9.90 Å². The lowest BCUT2D eigenvalue weighted by Gasteiger charge is -2.18. The Kier molecular flexibility index (Phi) is 9.71. The van der Waals surface area contributed by atoms with Gasteiger partial charge in [-0.25, -0.2) is 4.79 Å². The molecule has 0 aliphatic rings. The summed E-state index contributed by atoms with van der Waals surface area (Å²) in [5.41, 5.74) is 11.6. The predicted octanol–water partition coefficient (Wildman–Crippen LogP) is 5.15. The number of halogens is 2. The molecule has 0 atom stereocenters. The van der Waals surface area contributed by atoms with E-state index >= 15 is 8.78 Å². The predicted molar refractivity (Wildman–Crippen MR) is 162 cm³/mol. The fourth-order valence-electron chi connectivity index (χ4n) is 3.84. The summed E-state index contributed by atoms with van der Waals surface area (Å²) in [6.45, 7) is 0. The number of rotatable bonds is 12. The van der Waals surface area contributed by atoms with Gasteiger partial charge in [-0.3, -0.25) is 10.8 Å². The third kappa shape index (κ3) is 7.49. The Morgan fingerprint density at radius 2 is 1.54 bits per heavy atom. The monoisotopic (exact) mass is 636 g/mol. The Balaban J connectivity index is 1.88. The lowest BCUT2D eigenvalue weighted by Crippen LogP contribution is -2.20. The molecule has 46 heavy (non-hydrogen) atoms. The van der Waals surface area contributed by atoms with Gasteiger partial charge in [-0.05, 0) is 54.1 Å². The van der Waals surface area contributed by atoms with Crippen LogP contribution in [-0.2, 0) is 4.79 Å². The molecule has 0 radical (unpaired) electrons. The van der Waals surface area contributed by atoms with Crippen molar-refractivity contribution < 1.29 is 47.5 Å². The maximum absolute atomic E-state index is 16.0. The number of amidine groups is 1. The van der Waals surface area contributed by atoms with Crippen molar-refractivity contribution in [2.45, 2.75) is 0 Å². The molecule has 0 amide bonds. The molecule has 1 aromatic heterocycles. The molecule has 0 saturated carbocycles. The van der Waals surface area contributed by atoms with E-state index in [0.29, 0.717) is 11.3 Å². The molecule has 0 unspecified atom stereocenters. The molecule has 9 N–H and O–H groups in total. The molecule has 0 aliphatic carbocycles. The number of phenols is 1. The zero-order chi connectivity index (χ0) is 33.5. The quantitative estimate of drug-likeness (QED) is 0.0609. The molecule has 0 saturated heterocycles. The fourth-order valence-corrected chi connectivity index (χ4v) is 3.84. The lowest BCUT2D eigenvalue weighted by molar-refractivity contribution is -0.131. The van der Waals surface area contributed by atoms with Crippen molar-refractivity contribution in [2.75, 3.05) is 19.5 Å². The van der Waals surface area contributed by atoms with Crippen LogP contribution in [0.25, 0.3) is 6.08 Å². The number of hydrogen-bond acceptors (Lipinski definition) is 10. The van der Waals surface area contributed by atoms with Crippen molar-refractivity contribution in [3.63, 3.8) is 0 Å². The molecule has 0 aliphatic heterocycles. The molecule has 3 aromatic carbocycles. The van der Waals surface area contributed by atoms with Crippen molar-refractivity contribution >= 4 is 29.5 Å². The minimum Gasteiger partial charge on any atom is -0.504 e. The Morgan fingerprint density at radius 1 is 0.891 bits per heavy atom. The van der Waals surface area contributed by atoms with E-state index in [4.69, 9.17) is 51.1 Å². The highest BCUT2D eigenvalue weighted by atomic mass is 19.1. The Hall–Kier alpha value is -6.58. The van der Waals surface area contributed by atoms with Crippen LogP contribution in [0.3, 0.4) is 0 Å². The third-order valence-corrected chi connectivity index (χ3v) is 5.89. The Labute approximate surface area is 259 Å². The van der Waals surface area contributed by atoms with Gasteiger partial charge in [-0.2, -0.15) is 13.8 Å². The van der Waals surface area contributed by atoms with Gasteiger partial charge in [-0.1, -0.05) is 6.07 Å². The van der Waals surface area contributed by atoms with Gasteiger partial charge in [0.05, 0.1) is 14.2 Å². The van der Waals surface area contributed by atoms with E-state index < -0.39 is 40.9 Å². The van der Waals surface area contributed by atoms with Crippen LogP contribution >= 0.6 is 0 Å². The van der Waals surface area contributed by atoms with Crippen molar-refractivity contribution in [1.82, 2.24) is 4.98 Å². The van der Waals surface area contributed by atoms with Gasteiger partial charge in [0.15, 0.2) is 29.0 Å². The number of methoxy groups -OCH3 is 2. The number of nitrogens with zero attached hydrogens (tertiary/aromatic N) is 1. The Morgan fingerprint density at radius 3 is 2.13 bits per heavy atom. The van der Waals surface area contributed by atoms with Crippen LogP contribution in [0.1, 0.15) is 11.1 Å². The lowest BCUT2D eigenvalue weighted by atomic mass is 10.1. The van der Waals surface area contributed by atoms with Gasteiger partial charge in [-0.15, -0.1) is 0 Å². The minimum atomic E-state index is -1.48. The first-order valence-electron chi connectivity index (χ1n) is 12.9. The summed E-state index contributed by atoms with van der Waals surface area (Å²) in [4.78, 5) is 14.8. The summed E-state index contributed by atoms with van der Waals surface area (Å²) >= 11 is 0. The highest BCUT2D eigenvalue weighted by Gasteiger charge is 2.29. The summed E-state index contributed by atoms with van der Waals surface area (Å²) in [5, 5.41) is 36.9. The number of hydrogen-bond donors (Lipinski definition) is 7. The number of aromatic nitrogens is 1. The first-order chi connectivity index (χ1) is 21.9. The molecule has 16 heteroatoms. The zero-order valence-corrected chi connectivity index (χ0v) is 24.1. The maximum Gasteiger partial charge on any atom is 0.328 e. The molecule has 0 fully saturated rings. The van der Waals surface area contributed by atoms with Crippen LogP contribution in [0, 0.1) is 22.5 Å². The van der Waals surface area contributed by atoms with Crippen LogP contribution in [0.4, 0.5) is 14.5 Å². The third-order valence-electron chi connectivity index (χ3n) is 5.89. The van der Waals surface area contributed by atoms with E-state index in [2.05, 4.69) is 10.3 Å². The highest BCUT2D eigenvalue weighted by Crippen LogP contribution is 2.46. The average Bonchev–Trinajstić information content (AvgIpc) is 3.01. The number of nitrogen functional groups attached to an aromatic ring is 1. The second kappa shape index (κ2) is 13.8. The summed E-state index contributed by atoms with van der Waals surface area (Å²) < 4.78 is 59.5. The van der Waals surface area contributed by atoms with Gasteiger partial charge in [0.25, 0.3) is 11.8 Å². The van der Waals surface area contributed by atoms with Gasteiger partial charge >= 0.3 is 5.97 Å². The Bertz CT molecular complexity index is 1840. The maximum atomic E-state index is 16.0. The van der Waals surface area contributed by atoms with Crippen LogP contribution < -0.4 is 40.5 Å². The van der Waals surface area contributed by atoms with E-state index in [1.165, 1.54) is 56.7 Å². The van der Waals surface area contributed by atoms with E-state index in [-0.39, 0.29) is 46.1 Å². The van der Waals surface area contributed by atoms with Gasteiger partial charge < -0.3 is 50.7 Å². The van der Waals surface area contributed by atoms with Crippen molar-refractivity contribution in [1.29, 1.82) is 10.8 Å². The summed E-state index contributed by atoms with van der Waals surface area (Å²) in [5.74, 6) is -9.16. The normalized spacial score (nSPS) is 10.7. The number of carboxylic acid groups (broad SMARTS) is 1. The number of carbonyl (C=O) groups is 1. The number of phenolic OH excluding ortho intramolecular Hbond substituents is 1. The van der Waals surface area contributed by atoms with E-state index in [1.807, 2.05) is 0 Å². The number of guanidine groups is 1. The summed E-state index contributed by atoms with van der Waals surface area (Å²) in [7, 11) is 2.48. The number of nitrogens with two attached hydrogens (primary N) is 2. The highest BCUT2D eigenvalue weighted by molar-refractivity contribution is 5.95. The van der Waals surface area contributed by atoms with E-state index in [1.54, 1.807) is 6.07 Å². The molecule has 4 aromatic rings. The summed E-state index contributed by atoms with van der Waals surface area (Å²) in [6, 6.07) is 12.1. The van der Waals surface area contributed by atoms with Crippen LogP contribution in [0.2, 0.25) is 0 Å². The molecule has 1 heterocycles. The van der Waals surface area contributed by atoms with Crippen LogP contribution in [-0.4, -0.2) is 47.2 Å². The minimum absolute atomic E-state index is 0.0210. The summed E-state index contributed by atoms with van der Waals surface area (Å²) in [6.07, 6.45) is 2.10.